The Morgan fingerprint density at radius 2 is 2.21 bits per heavy atom. The van der Waals surface area contributed by atoms with E-state index in [9.17, 15) is 9.90 Å². The minimum Gasteiger partial charge on any atom is -0.393 e. The molecule has 2 heterocycles. The molecule has 0 aliphatic carbocycles. The number of thiazole rings is 1. The van der Waals surface area contributed by atoms with Crippen molar-refractivity contribution in [1.82, 2.24) is 9.88 Å². The van der Waals surface area contributed by atoms with Crippen LogP contribution in [-0.4, -0.2) is 39.6 Å². The first-order valence-corrected chi connectivity index (χ1v) is 9.44. The van der Waals surface area contributed by atoms with Gasteiger partial charge in [-0.05, 0) is 31.7 Å². The highest BCUT2D eigenvalue weighted by Gasteiger charge is 2.29. The van der Waals surface area contributed by atoms with Crippen molar-refractivity contribution < 1.29 is 9.90 Å². The van der Waals surface area contributed by atoms with Crippen molar-refractivity contribution in [2.75, 3.05) is 6.54 Å². The van der Waals surface area contributed by atoms with E-state index in [1.54, 1.807) is 18.3 Å². The van der Waals surface area contributed by atoms with Gasteiger partial charge in [-0.25, -0.2) is 4.98 Å². The summed E-state index contributed by atoms with van der Waals surface area (Å²) in [5.74, 6) is 0.134. The second-order valence-electron chi connectivity index (χ2n) is 6.54. The van der Waals surface area contributed by atoms with Gasteiger partial charge < -0.3 is 10.0 Å². The summed E-state index contributed by atoms with van der Waals surface area (Å²) in [5, 5.41) is 12.6. The Morgan fingerprint density at radius 1 is 1.42 bits per heavy atom. The standard InChI is InChI=1S/C19H24N2O2S/c1-14(22)10-17-8-5-9-21(17)19(23)12-16-13-24-18(20-16)11-15-6-3-2-4-7-15/h2-4,6-7,13-14,17,22H,5,8-12H2,1H3. The fourth-order valence-electron chi connectivity index (χ4n) is 3.34. The van der Waals surface area contributed by atoms with Crippen LogP contribution in [-0.2, 0) is 17.6 Å². The molecule has 1 aromatic heterocycles. The molecule has 1 aliphatic heterocycles. The molecule has 1 aromatic carbocycles. The molecule has 1 aliphatic rings. The Labute approximate surface area is 147 Å². The predicted molar refractivity (Wildman–Crippen MR) is 96.1 cm³/mol. The summed E-state index contributed by atoms with van der Waals surface area (Å²) in [7, 11) is 0. The van der Waals surface area contributed by atoms with Gasteiger partial charge in [0.05, 0.1) is 23.2 Å². The summed E-state index contributed by atoms with van der Waals surface area (Å²) in [5.41, 5.74) is 2.10. The molecular weight excluding hydrogens is 320 g/mol. The molecule has 128 valence electrons. The molecule has 0 saturated carbocycles. The Hall–Kier alpha value is -1.72. The van der Waals surface area contributed by atoms with Gasteiger partial charge >= 0.3 is 0 Å². The highest BCUT2D eigenvalue weighted by molar-refractivity contribution is 7.09. The topological polar surface area (TPSA) is 53.4 Å². The van der Waals surface area contributed by atoms with Crippen LogP contribution in [0.25, 0.3) is 0 Å². The Balaban J connectivity index is 1.59. The highest BCUT2D eigenvalue weighted by atomic mass is 32.1. The molecule has 1 N–H and O–H groups in total. The fraction of sp³-hybridized carbons (Fsp3) is 0.474. The van der Waals surface area contributed by atoms with Crippen molar-refractivity contribution in [3.05, 3.63) is 52.0 Å². The number of rotatable bonds is 6. The van der Waals surface area contributed by atoms with E-state index in [0.717, 1.165) is 36.5 Å². The number of aromatic nitrogens is 1. The third kappa shape index (κ3) is 4.42. The van der Waals surface area contributed by atoms with Gasteiger partial charge in [0.25, 0.3) is 0 Å². The number of benzene rings is 1. The van der Waals surface area contributed by atoms with Gasteiger partial charge in [0, 0.05) is 24.4 Å². The normalized spacial score (nSPS) is 18.8. The van der Waals surface area contributed by atoms with Crippen LogP contribution in [0.2, 0.25) is 0 Å². The average molecular weight is 344 g/mol. The van der Waals surface area contributed by atoms with Gasteiger partial charge in [0.15, 0.2) is 0 Å². The molecule has 5 heteroatoms. The molecule has 1 saturated heterocycles. The Bertz CT molecular complexity index is 669. The van der Waals surface area contributed by atoms with Gasteiger partial charge in [-0.2, -0.15) is 0 Å². The lowest BCUT2D eigenvalue weighted by atomic mass is 10.1. The van der Waals surface area contributed by atoms with E-state index in [1.807, 2.05) is 28.5 Å². The van der Waals surface area contributed by atoms with E-state index in [0.29, 0.717) is 12.8 Å². The van der Waals surface area contributed by atoms with Crippen LogP contribution in [0.15, 0.2) is 35.7 Å². The molecule has 1 fully saturated rings. The zero-order valence-electron chi connectivity index (χ0n) is 14.0. The quantitative estimate of drug-likeness (QED) is 0.876. The van der Waals surface area contributed by atoms with Crippen LogP contribution >= 0.6 is 11.3 Å². The summed E-state index contributed by atoms with van der Waals surface area (Å²) in [6.45, 7) is 2.59. The molecule has 2 unspecified atom stereocenters. The van der Waals surface area contributed by atoms with E-state index in [4.69, 9.17) is 0 Å². The predicted octanol–water partition coefficient (Wildman–Crippen LogP) is 3.04. The van der Waals surface area contributed by atoms with E-state index >= 15 is 0 Å². The Morgan fingerprint density at radius 3 is 2.96 bits per heavy atom. The molecule has 2 aromatic rings. The van der Waals surface area contributed by atoms with Gasteiger partial charge in [0.1, 0.15) is 0 Å². The lowest BCUT2D eigenvalue weighted by molar-refractivity contribution is -0.131. The molecule has 2 atom stereocenters. The third-order valence-corrected chi connectivity index (χ3v) is 5.34. The third-order valence-electron chi connectivity index (χ3n) is 4.44. The van der Waals surface area contributed by atoms with Crippen molar-refractivity contribution in [1.29, 1.82) is 0 Å². The van der Waals surface area contributed by atoms with Gasteiger partial charge in [-0.3, -0.25) is 4.79 Å². The van der Waals surface area contributed by atoms with Crippen molar-refractivity contribution in [2.24, 2.45) is 0 Å². The maximum absolute atomic E-state index is 12.6. The highest BCUT2D eigenvalue weighted by Crippen LogP contribution is 2.23. The van der Waals surface area contributed by atoms with Gasteiger partial charge in [-0.15, -0.1) is 11.3 Å². The molecule has 1 amide bonds. The van der Waals surface area contributed by atoms with Crippen LogP contribution in [0.1, 0.15) is 42.5 Å². The Kier molecular flexibility index (Phi) is 5.63. The van der Waals surface area contributed by atoms with Gasteiger partial charge in [0.2, 0.25) is 5.91 Å². The second-order valence-corrected chi connectivity index (χ2v) is 7.48. The molecule has 24 heavy (non-hydrogen) atoms. The lowest BCUT2D eigenvalue weighted by Crippen LogP contribution is -2.38. The molecule has 0 radical (unpaired) electrons. The largest absolute Gasteiger partial charge is 0.393 e. The number of hydrogen-bond donors (Lipinski definition) is 1. The van der Waals surface area contributed by atoms with Crippen LogP contribution in [0.5, 0.6) is 0 Å². The SMILES string of the molecule is CC(O)CC1CCCN1C(=O)Cc1csc(Cc2ccccc2)n1. The molecule has 0 spiro atoms. The van der Waals surface area contributed by atoms with Crippen LogP contribution in [0.4, 0.5) is 0 Å². The monoisotopic (exact) mass is 344 g/mol. The van der Waals surface area contributed by atoms with Crippen LogP contribution in [0, 0.1) is 0 Å². The fourth-order valence-corrected chi connectivity index (χ4v) is 4.17. The summed E-state index contributed by atoms with van der Waals surface area (Å²) < 4.78 is 0. The first-order valence-electron chi connectivity index (χ1n) is 8.56. The maximum atomic E-state index is 12.6. The summed E-state index contributed by atoms with van der Waals surface area (Å²) >= 11 is 1.62. The summed E-state index contributed by atoms with van der Waals surface area (Å²) in [6, 6.07) is 10.4. The number of aliphatic hydroxyl groups excluding tert-OH is 1. The first kappa shape index (κ1) is 17.1. The first-order chi connectivity index (χ1) is 11.6. The number of nitrogens with zero attached hydrogens (tertiary/aromatic N) is 2. The zero-order chi connectivity index (χ0) is 16.9. The van der Waals surface area contributed by atoms with Crippen molar-refractivity contribution in [3.63, 3.8) is 0 Å². The number of aliphatic hydroxyl groups is 1. The van der Waals surface area contributed by atoms with Crippen LogP contribution < -0.4 is 0 Å². The van der Waals surface area contributed by atoms with E-state index in [-0.39, 0.29) is 18.1 Å². The van der Waals surface area contributed by atoms with Crippen molar-refractivity contribution in [2.45, 2.75) is 51.2 Å². The van der Waals surface area contributed by atoms with Crippen LogP contribution in [0.3, 0.4) is 0 Å². The molecule has 0 bridgehead atoms. The molecular formula is C19H24N2O2S. The van der Waals surface area contributed by atoms with E-state index < -0.39 is 0 Å². The number of hydrogen-bond acceptors (Lipinski definition) is 4. The maximum Gasteiger partial charge on any atom is 0.228 e. The smallest absolute Gasteiger partial charge is 0.228 e. The zero-order valence-corrected chi connectivity index (χ0v) is 14.8. The molecule has 3 rings (SSSR count). The lowest BCUT2D eigenvalue weighted by Gasteiger charge is -2.25. The summed E-state index contributed by atoms with van der Waals surface area (Å²) in [4.78, 5) is 19.1. The summed E-state index contributed by atoms with van der Waals surface area (Å²) in [6.07, 6.45) is 3.50. The van der Waals surface area contributed by atoms with Gasteiger partial charge in [-0.1, -0.05) is 30.3 Å². The number of likely N-dealkylation sites (tertiary alicyclic amines) is 1. The number of carbonyl (C=O) groups excluding carboxylic acids is 1. The van der Waals surface area contributed by atoms with Crippen molar-refractivity contribution >= 4 is 17.2 Å². The number of carbonyl (C=O) groups is 1. The molecule has 4 nitrogen and oxygen atoms in total. The van der Waals surface area contributed by atoms with Crippen molar-refractivity contribution in [3.8, 4) is 0 Å². The van der Waals surface area contributed by atoms with E-state index in [1.165, 1.54) is 5.56 Å². The van der Waals surface area contributed by atoms with E-state index in [2.05, 4.69) is 17.1 Å². The average Bonchev–Trinajstić information content (AvgIpc) is 3.17. The number of amides is 1. The minimum atomic E-state index is -0.361. The minimum absolute atomic E-state index is 0.134. The second kappa shape index (κ2) is 7.90.